The summed E-state index contributed by atoms with van der Waals surface area (Å²) in [5.41, 5.74) is 8.49. The number of hydrogen-bond acceptors (Lipinski definition) is 4. The first-order valence-electron chi connectivity index (χ1n) is 8.63. The molecule has 0 radical (unpaired) electrons. The summed E-state index contributed by atoms with van der Waals surface area (Å²) in [5.74, 6) is -1.10. The Morgan fingerprint density at radius 3 is 2.67 bits per heavy atom. The number of aliphatic hydroxyl groups is 1. The molecule has 0 spiro atoms. The van der Waals surface area contributed by atoms with E-state index in [1.165, 1.54) is 12.1 Å². The highest BCUT2D eigenvalue weighted by Gasteiger charge is 2.32. The van der Waals surface area contributed by atoms with Crippen molar-refractivity contribution in [2.45, 2.75) is 57.1 Å². The van der Waals surface area contributed by atoms with E-state index < -0.39 is 24.0 Å². The first-order valence-corrected chi connectivity index (χ1v) is 8.63. The number of nitrogens with one attached hydrogen (secondary N) is 1. The van der Waals surface area contributed by atoms with Crippen LogP contribution in [0.15, 0.2) is 24.3 Å². The zero-order chi connectivity index (χ0) is 17.5. The molecule has 0 heterocycles. The summed E-state index contributed by atoms with van der Waals surface area (Å²) >= 11 is 0. The van der Waals surface area contributed by atoms with Crippen molar-refractivity contribution in [2.75, 3.05) is 0 Å². The summed E-state index contributed by atoms with van der Waals surface area (Å²) in [6.07, 6.45) is 4.76. The lowest BCUT2D eigenvalue weighted by atomic mass is 9.76. The van der Waals surface area contributed by atoms with Crippen LogP contribution in [0.25, 0.3) is 0 Å². The lowest BCUT2D eigenvalue weighted by Crippen LogP contribution is -2.42. The van der Waals surface area contributed by atoms with Crippen LogP contribution in [0.3, 0.4) is 0 Å². The van der Waals surface area contributed by atoms with Crippen molar-refractivity contribution >= 4 is 5.91 Å². The van der Waals surface area contributed by atoms with Gasteiger partial charge in [0.2, 0.25) is 5.91 Å². The molecule has 1 aromatic carbocycles. The number of carbonyl (C=O) groups is 1. The molecule has 1 aliphatic rings. The van der Waals surface area contributed by atoms with E-state index in [1.807, 2.05) is 0 Å². The fourth-order valence-electron chi connectivity index (χ4n) is 3.64. The van der Waals surface area contributed by atoms with E-state index in [0.29, 0.717) is 12.0 Å². The number of nitrogens with two attached hydrogens (primary N) is 1. The number of benzene rings is 1. The van der Waals surface area contributed by atoms with Gasteiger partial charge in [-0.15, -0.1) is 0 Å². The van der Waals surface area contributed by atoms with Gasteiger partial charge in [-0.2, -0.15) is 0 Å². The van der Waals surface area contributed by atoms with E-state index in [1.54, 1.807) is 17.6 Å². The van der Waals surface area contributed by atoms with E-state index in [0.717, 1.165) is 32.1 Å². The minimum absolute atomic E-state index is 0.155. The van der Waals surface area contributed by atoms with Crippen LogP contribution in [0.2, 0.25) is 0 Å². The van der Waals surface area contributed by atoms with Crippen LogP contribution >= 0.6 is 0 Å². The summed E-state index contributed by atoms with van der Waals surface area (Å²) in [5, 5.41) is 19.4. The summed E-state index contributed by atoms with van der Waals surface area (Å²) in [7, 11) is 0. The third kappa shape index (κ3) is 5.26. The molecule has 5 nitrogen and oxygen atoms in total. The van der Waals surface area contributed by atoms with E-state index in [9.17, 15) is 14.3 Å². The number of carbonyl (C=O) groups excluding carboxylic acids is 1. The molecule has 3 unspecified atom stereocenters. The van der Waals surface area contributed by atoms with Crippen molar-refractivity contribution in [3.63, 3.8) is 0 Å². The van der Waals surface area contributed by atoms with Crippen LogP contribution in [0.4, 0.5) is 4.39 Å². The third-order valence-electron chi connectivity index (χ3n) is 5.02. The zero-order valence-electron chi connectivity index (χ0n) is 13.8. The SMILES string of the molecule is NC(Cc1cccc(F)c1)C(O)CC(C(=O)NO)C1CCCCC1. The van der Waals surface area contributed by atoms with Crippen molar-refractivity contribution in [2.24, 2.45) is 17.6 Å². The van der Waals surface area contributed by atoms with Gasteiger partial charge in [0, 0.05) is 12.0 Å². The predicted molar refractivity (Wildman–Crippen MR) is 88.7 cm³/mol. The van der Waals surface area contributed by atoms with Crippen molar-refractivity contribution in [3.05, 3.63) is 35.6 Å². The molecule has 0 aliphatic heterocycles. The van der Waals surface area contributed by atoms with E-state index in [2.05, 4.69) is 0 Å². The van der Waals surface area contributed by atoms with Gasteiger partial charge >= 0.3 is 0 Å². The predicted octanol–water partition coefficient (Wildman–Crippen LogP) is 2.15. The Hall–Kier alpha value is -1.50. The second-order valence-electron chi connectivity index (χ2n) is 6.78. The molecule has 0 bridgehead atoms. The molecule has 1 amide bonds. The molecule has 1 aromatic rings. The summed E-state index contributed by atoms with van der Waals surface area (Å²) in [4.78, 5) is 12.0. The van der Waals surface area contributed by atoms with Crippen LogP contribution in [0.5, 0.6) is 0 Å². The average Bonchev–Trinajstić information content (AvgIpc) is 2.59. The largest absolute Gasteiger partial charge is 0.391 e. The molecule has 6 heteroatoms. The van der Waals surface area contributed by atoms with Gasteiger partial charge < -0.3 is 10.8 Å². The van der Waals surface area contributed by atoms with Crippen molar-refractivity contribution in [1.82, 2.24) is 5.48 Å². The summed E-state index contributed by atoms with van der Waals surface area (Å²) < 4.78 is 13.2. The van der Waals surface area contributed by atoms with Gasteiger partial charge in [0.15, 0.2) is 0 Å². The minimum atomic E-state index is -0.891. The molecule has 1 saturated carbocycles. The number of amides is 1. The Morgan fingerprint density at radius 1 is 1.33 bits per heavy atom. The van der Waals surface area contributed by atoms with Gasteiger partial charge in [0.05, 0.1) is 6.10 Å². The quantitative estimate of drug-likeness (QED) is 0.452. The maximum Gasteiger partial charge on any atom is 0.246 e. The normalized spacial score (nSPS) is 19.5. The Balaban J connectivity index is 1.97. The lowest BCUT2D eigenvalue weighted by Gasteiger charge is -2.31. The van der Waals surface area contributed by atoms with Gasteiger partial charge in [-0.1, -0.05) is 31.4 Å². The topological polar surface area (TPSA) is 95.6 Å². The Kier molecular flexibility index (Phi) is 7.15. The number of hydroxylamine groups is 1. The lowest BCUT2D eigenvalue weighted by molar-refractivity contribution is -0.137. The van der Waals surface area contributed by atoms with Gasteiger partial charge in [-0.05, 0) is 49.3 Å². The molecule has 3 atom stereocenters. The van der Waals surface area contributed by atoms with E-state index >= 15 is 0 Å². The fourth-order valence-corrected chi connectivity index (χ4v) is 3.64. The number of halogens is 1. The smallest absolute Gasteiger partial charge is 0.246 e. The second kappa shape index (κ2) is 9.11. The third-order valence-corrected chi connectivity index (χ3v) is 5.02. The highest BCUT2D eigenvalue weighted by atomic mass is 19.1. The van der Waals surface area contributed by atoms with Gasteiger partial charge in [-0.3, -0.25) is 10.0 Å². The average molecular weight is 338 g/mol. The maximum atomic E-state index is 13.2. The van der Waals surface area contributed by atoms with E-state index in [-0.39, 0.29) is 18.2 Å². The van der Waals surface area contributed by atoms with Crippen molar-refractivity contribution < 1.29 is 19.5 Å². The molecular weight excluding hydrogens is 311 g/mol. The fraction of sp³-hybridized carbons (Fsp3) is 0.611. The monoisotopic (exact) mass is 338 g/mol. The Bertz CT molecular complexity index is 535. The summed E-state index contributed by atoms with van der Waals surface area (Å²) in [6.45, 7) is 0. The van der Waals surface area contributed by atoms with Crippen molar-refractivity contribution in [1.29, 1.82) is 0 Å². The first-order chi connectivity index (χ1) is 11.5. The first kappa shape index (κ1) is 18.8. The molecule has 0 aromatic heterocycles. The van der Waals surface area contributed by atoms with Crippen LogP contribution in [-0.4, -0.2) is 28.4 Å². The molecule has 24 heavy (non-hydrogen) atoms. The van der Waals surface area contributed by atoms with Crippen LogP contribution in [0, 0.1) is 17.7 Å². The van der Waals surface area contributed by atoms with Gasteiger partial charge in [0.25, 0.3) is 0 Å². The maximum absolute atomic E-state index is 13.2. The van der Waals surface area contributed by atoms with Crippen LogP contribution in [0.1, 0.15) is 44.1 Å². The molecular formula is C18H27FN2O3. The highest BCUT2D eigenvalue weighted by Crippen LogP contribution is 2.33. The van der Waals surface area contributed by atoms with E-state index in [4.69, 9.17) is 10.9 Å². The molecule has 1 fully saturated rings. The van der Waals surface area contributed by atoms with Gasteiger partial charge in [-0.25, -0.2) is 9.87 Å². The number of hydrogen-bond donors (Lipinski definition) is 4. The number of aliphatic hydroxyl groups excluding tert-OH is 1. The number of rotatable bonds is 7. The standard InChI is InChI=1S/C18H27FN2O3/c19-14-8-4-5-12(9-14)10-16(20)17(22)11-15(18(23)21-24)13-6-2-1-3-7-13/h4-5,8-9,13,15-17,22,24H,1-3,6-7,10-11,20H2,(H,21,23). The highest BCUT2D eigenvalue weighted by molar-refractivity contribution is 5.77. The zero-order valence-corrected chi connectivity index (χ0v) is 13.8. The summed E-state index contributed by atoms with van der Waals surface area (Å²) in [6, 6.07) is 5.52. The van der Waals surface area contributed by atoms with Crippen LogP contribution < -0.4 is 11.2 Å². The Labute approximate surface area is 142 Å². The minimum Gasteiger partial charge on any atom is -0.391 e. The van der Waals surface area contributed by atoms with Crippen LogP contribution in [-0.2, 0) is 11.2 Å². The molecule has 5 N–H and O–H groups in total. The molecule has 134 valence electrons. The second-order valence-corrected chi connectivity index (χ2v) is 6.78. The molecule has 0 saturated heterocycles. The molecule has 1 aliphatic carbocycles. The Morgan fingerprint density at radius 2 is 2.04 bits per heavy atom. The van der Waals surface area contributed by atoms with Crippen molar-refractivity contribution in [3.8, 4) is 0 Å². The molecule has 2 rings (SSSR count). The van der Waals surface area contributed by atoms with Gasteiger partial charge in [0.1, 0.15) is 5.82 Å².